The number of hydrogen-bond donors (Lipinski definition) is 2. The highest BCUT2D eigenvalue weighted by molar-refractivity contribution is 9.10. The third-order valence-electron chi connectivity index (χ3n) is 4.49. The molecule has 2 rings (SSSR count). The summed E-state index contributed by atoms with van der Waals surface area (Å²) in [6, 6.07) is 14.4. The van der Waals surface area contributed by atoms with Gasteiger partial charge in [-0.2, -0.15) is 0 Å². The van der Waals surface area contributed by atoms with Gasteiger partial charge in [-0.3, -0.25) is 9.69 Å². The van der Waals surface area contributed by atoms with Crippen LogP contribution in [-0.2, 0) is 11.3 Å². The summed E-state index contributed by atoms with van der Waals surface area (Å²) in [6.45, 7) is 5.24. The lowest BCUT2D eigenvalue weighted by atomic mass is 10.0. The number of rotatable bonds is 9. The molecule has 0 saturated heterocycles. The molecule has 0 aliphatic heterocycles. The van der Waals surface area contributed by atoms with Crippen LogP contribution in [0, 0.1) is 11.7 Å². The van der Waals surface area contributed by atoms with Gasteiger partial charge >= 0.3 is 0 Å². The lowest BCUT2D eigenvalue weighted by Crippen LogP contribution is -2.42. The maximum absolute atomic E-state index is 13.9. The summed E-state index contributed by atoms with van der Waals surface area (Å²) < 4.78 is 14.5. The van der Waals surface area contributed by atoms with E-state index in [0.29, 0.717) is 17.6 Å². The Bertz CT molecular complexity index is 740. The van der Waals surface area contributed by atoms with E-state index in [1.807, 2.05) is 30.3 Å². The number of aliphatic hydroxyl groups is 1. The molecule has 146 valence electrons. The van der Waals surface area contributed by atoms with Gasteiger partial charge in [0, 0.05) is 30.0 Å². The molecule has 0 aromatic heterocycles. The van der Waals surface area contributed by atoms with Crippen LogP contribution in [0.1, 0.15) is 25.8 Å². The molecular formula is C21H26BrFN2O2. The van der Waals surface area contributed by atoms with Crippen molar-refractivity contribution in [1.82, 2.24) is 4.90 Å². The molecule has 0 aliphatic carbocycles. The molecular weight excluding hydrogens is 411 g/mol. The largest absolute Gasteiger partial charge is 0.395 e. The van der Waals surface area contributed by atoms with Crippen LogP contribution in [0.3, 0.4) is 0 Å². The summed E-state index contributed by atoms with van der Waals surface area (Å²) in [5.41, 5.74) is 1.29. The molecule has 2 aromatic rings. The maximum atomic E-state index is 13.9. The summed E-state index contributed by atoms with van der Waals surface area (Å²) in [5, 5.41) is 12.4. The predicted molar refractivity (Wildman–Crippen MR) is 110 cm³/mol. The van der Waals surface area contributed by atoms with E-state index < -0.39 is 5.82 Å². The third kappa shape index (κ3) is 6.72. The number of carbonyl (C=O) groups is 1. The second kappa shape index (κ2) is 10.5. The third-order valence-corrected chi connectivity index (χ3v) is 4.98. The fourth-order valence-electron chi connectivity index (χ4n) is 2.98. The Hall–Kier alpha value is -1.76. The van der Waals surface area contributed by atoms with Gasteiger partial charge in [0.25, 0.3) is 0 Å². The van der Waals surface area contributed by atoms with E-state index in [0.717, 1.165) is 5.56 Å². The first kappa shape index (κ1) is 21.5. The van der Waals surface area contributed by atoms with E-state index in [9.17, 15) is 14.3 Å². The second-order valence-electron chi connectivity index (χ2n) is 6.87. The number of amides is 1. The second-order valence-corrected chi connectivity index (χ2v) is 7.79. The van der Waals surface area contributed by atoms with Gasteiger partial charge < -0.3 is 10.4 Å². The minimum absolute atomic E-state index is 0.0213. The van der Waals surface area contributed by atoms with Crippen LogP contribution in [0.4, 0.5) is 10.1 Å². The van der Waals surface area contributed by atoms with Gasteiger partial charge in [-0.05, 0) is 29.7 Å². The summed E-state index contributed by atoms with van der Waals surface area (Å²) in [6.07, 6.45) is 0.214. The summed E-state index contributed by atoms with van der Waals surface area (Å²) in [4.78, 5) is 14.4. The van der Waals surface area contributed by atoms with Crippen LogP contribution in [0.2, 0.25) is 0 Å². The molecule has 0 radical (unpaired) electrons. The monoisotopic (exact) mass is 436 g/mol. The highest BCUT2D eigenvalue weighted by atomic mass is 79.9. The standard InChI is InChI=1S/C21H26BrFN2O2/c1-15(2)20(14-26)25(13-16-6-4-3-5-7-16)11-10-21(27)24-19-9-8-17(22)12-18(19)23/h3-9,12,15,20,26H,10-11,13-14H2,1-2H3,(H,24,27). The van der Waals surface area contributed by atoms with Gasteiger partial charge in [0.15, 0.2) is 0 Å². The predicted octanol–water partition coefficient (Wildman–Crippen LogP) is 4.44. The van der Waals surface area contributed by atoms with Gasteiger partial charge in [0.2, 0.25) is 5.91 Å². The molecule has 0 bridgehead atoms. The Balaban J connectivity index is 2.02. The Morgan fingerprint density at radius 2 is 1.93 bits per heavy atom. The number of aliphatic hydroxyl groups excluding tert-OH is 1. The smallest absolute Gasteiger partial charge is 0.225 e. The zero-order chi connectivity index (χ0) is 19.8. The number of nitrogens with zero attached hydrogens (tertiary/aromatic N) is 1. The average molecular weight is 437 g/mol. The van der Waals surface area contributed by atoms with E-state index in [-0.39, 0.29) is 36.6 Å². The first-order valence-electron chi connectivity index (χ1n) is 9.04. The van der Waals surface area contributed by atoms with Crippen LogP contribution < -0.4 is 5.32 Å². The van der Waals surface area contributed by atoms with Crippen molar-refractivity contribution >= 4 is 27.5 Å². The van der Waals surface area contributed by atoms with E-state index >= 15 is 0 Å². The zero-order valence-electron chi connectivity index (χ0n) is 15.7. The Morgan fingerprint density at radius 1 is 1.22 bits per heavy atom. The van der Waals surface area contributed by atoms with Crippen LogP contribution >= 0.6 is 15.9 Å². The van der Waals surface area contributed by atoms with Crippen LogP contribution in [-0.4, -0.2) is 35.1 Å². The first-order chi connectivity index (χ1) is 12.9. The summed E-state index contributed by atoms with van der Waals surface area (Å²) in [5.74, 6) is -0.491. The van der Waals surface area contributed by atoms with Gasteiger partial charge in [0.1, 0.15) is 5.82 Å². The lowest BCUT2D eigenvalue weighted by molar-refractivity contribution is -0.116. The molecule has 0 aliphatic rings. The molecule has 6 heteroatoms. The van der Waals surface area contributed by atoms with Crippen molar-refractivity contribution in [3.63, 3.8) is 0 Å². The number of carbonyl (C=O) groups excluding carboxylic acids is 1. The molecule has 1 unspecified atom stereocenters. The number of benzene rings is 2. The Kier molecular flexibility index (Phi) is 8.41. The minimum atomic E-state index is -0.478. The topological polar surface area (TPSA) is 52.6 Å². The van der Waals surface area contributed by atoms with E-state index in [2.05, 4.69) is 40.0 Å². The van der Waals surface area contributed by atoms with Gasteiger partial charge in [-0.1, -0.05) is 60.1 Å². The molecule has 1 atom stereocenters. The quantitative estimate of drug-likeness (QED) is 0.610. The van der Waals surface area contributed by atoms with Crippen LogP contribution in [0.15, 0.2) is 53.0 Å². The van der Waals surface area contributed by atoms with Gasteiger partial charge in [0.05, 0.1) is 12.3 Å². The molecule has 27 heavy (non-hydrogen) atoms. The molecule has 2 aromatic carbocycles. The van der Waals surface area contributed by atoms with Gasteiger partial charge in [-0.15, -0.1) is 0 Å². The average Bonchev–Trinajstić information content (AvgIpc) is 2.63. The van der Waals surface area contributed by atoms with E-state index in [1.54, 1.807) is 6.07 Å². The molecule has 0 spiro atoms. The highest BCUT2D eigenvalue weighted by Gasteiger charge is 2.22. The number of nitrogens with one attached hydrogen (secondary N) is 1. The molecule has 0 fully saturated rings. The van der Waals surface area contributed by atoms with Crippen molar-refractivity contribution in [1.29, 1.82) is 0 Å². The van der Waals surface area contributed by atoms with E-state index in [4.69, 9.17) is 0 Å². The Morgan fingerprint density at radius 3 is 2.52 bits per heavy atom. The van der Waals surface area contributed by atoms with Crippen molar-refractivity contribution in [2.24, 2.45) is 5.92 Å². The summed E-state index contributed by atoms with van der Waals surface area (Å²) >= 11 is 3.20. The molecule has 2 N–H and O–H groups in total. The maximum Gasteiger partial charge on any atom is 0.225 e. The molecule has 0 heterocycles. The highest BCUT2D eigenvalue weighted by Crippen LogP contribution is 2.20. The molecule has 4 nitrogen and oxygen atoms in total. The summed E-state index contributed by atoms with van der Waals surface area (Å²) in [7, 11) is 0. The normalized spacial score (nSPS) is 12.4. The van der Waals surface area contributed by atoms with E-state index in [1.165, 1.54) is 12.1 Å². The lowest BCUT2D eigenvalue weighted by Gasteiger charge is -2.33. The number of anilines is 1. The molecule has 0 saturated carbocycles. The van der Waals surface area contributed by atoms with Crippen LogP contribution in [0.5, 0.6) is 0 Å². The van der Waals surface area contributed by atoms with Crippen molar-refractivity contribution in [2.45, 2.75) is 32.9 Å². The fourth-order valence-corrected chi connectivity index (χ4v) is 3.31. The minimum Gasteiger partial charge on any atom is -0.395 e. The first-order valence-corrected chi connectivity index (χ1v) is 9.83. The van der Waals surface area contributed by atoms with Crippen molar-refractivity contribution < 1.29 is 14.3 Å². The van der Waals surface area contributed by atoms with Crippen LogP contribution in [0.25, 0.3) is 0 Å². The van der Waals surface area contributed by atoms with Crippen molar-refractivity contribution in [3.05, 3.63) is 64.4 Å². The van der Waals surface area contributed by atoms with Crippen molar-refractivity contribution in [3.8, 4) is 0 Å². The Labute approximate surface area is 168 Å². The zero-order valence-corrected chi connectivity index (χ0v) is 17.2. The van der Waals surface area contributed by atoms with Gasteiger partial charge in [-0.25, -0.2) is 4.39 Å². The van der Waals surface area contributed by atoms with Crippen molar-refractivity contribution in [2.75, 3.05) is 18.5 Å². The SMILES string of the molecule is CC(C)C(CO)N(CCC(=O)Nc1ccc(Br)cc1F)Cc1ccccc1. The number of hydrogen-bond acceptors (Lipinski definition) is 3. The fraction of sp³-hybridized carbons (Fsp3) is 0.381. The molecule has 1 amide bonds. The number of halogens is 2.